The first-order chi connectivity index (χ1) is 6.81. The second-order valence-electron chi connectivity index (χ2n) is 3.50. The summed E-state index contributed by atoms with van der Waals surface area (Å²) >= 11 is 3.52. The van der Waals surface area contributed by atoms with Crippen molar-refractivity contribution in [3.05, 3.63) is 40.4 Å². The molecule has 1 nitrogen and oxygen atoms in total. The van der Waals surface area contributed by atoms with Crippen molar-refractivity contribution in [2.75, 3.05) is 6.61 Å². The lowest BCUT2D eigenvalue weighted by Gasteiger charge is -2.08. The zero-order valence-corrected chi connectivity index (χ0v) is 9.64. The molecule has 2 rings (SSSR count). The third-order valence-corrected chi connectivity index (χ3v) is 3.12. The summed E-state index contributed by atoms with van der Waals surface area (Å²) in [6.45, 7) is 4.20. The number of rotatable bonds is 3. The van der Waals surface area contributed by atoms with E-state index in [1.165, 1.54) is 30.4 Å². The van der Waals surface area contributed by atoms with Crippen LogP contribution in [0.3, 0.4) is 0 Å². The van der Waals surface area contributed by atoms with Gasteiger partial charge in [-0.3, -0.25) is 0 Å². The Bertz CT molecular complexity index is 358. The smallest absolute Gasteiger partial charge is 0.134 e. The molecule has 0 unspecified atom stereocenters. The molecule has 0 radical (unpaired) electrons. The van der Waals surface area contributed by atoms with Crippen LogP contribution in [0.5, 0.6) is 5.75 Å². The number of halogens is 1. The highest BCUT2D eigenvalue weighted by Crippen LogP contribution is 2.33. The predicted octanol–water partition coefficient (Wildman–Crippen LogP) is 3.50. The van der Waals surface area contributed by atoms with E-state index in [1.54, 1.807) is 6.08 Å². The third kappa shape index (κ3) is 1.85. The van der Waals surface area contributed by atoms with Crippen molar-refractivity contribution in [2.24, 2.45) is 0 Å². The van der Waals surface area contributed by atoms with Gasteiger partial charge < -0.3 is 4.74 Å². The van der Waals surface area contributed by atoms with Crippen LogP contribution in [0.25, 0.3) is 0 Å². The quantitative estimate of drug-likeness (QED) is 0.749. The van der Waals surface area contributed by atoms with Crippen molar-refractivity contribution in [1.82, 2.24) is 0 Å². The van der Waals surface area contributed by atoms with Gasteiger partial charge in [0.15, 0.2) is 0 Å². The van der Waals surface area contributed by atoms with Gasteiger partial charge >= 0.3 is 0 Å². The van der Waals surface area contributed by atoms with Gasteiger partial charge in [0.25, 0.3) is 0 Å². The summed E-state index contributed by atoms with van der Waals surface area (Å²) < 4.78 is 6.60. The van der Waals surface area contributed by atoms with Crippen molar-refractivity contribution < 1.29 is 4.74 Å². The van der Waals surface area contributed by atoms with E-state index < -0.39 is 0 Å². The number of hydrogen-bond donors (Lipinski definition) is 0. The molecule has 0 aromatic heterocycles. The molecule has 0 saturated carbocycles. The van der Waals surface area contributed by atoms with Gasteiger partial charge in [-0.1, -0.05) is 12.7 Å². The van der Waals surface area contributed by atoms with Gasteiger partial charge in [-0.2, -0.15) is 0 Å². The summed E-state index contributed by atoms with van der Waals surface area (Å²) in [6.07, 6.45) is 5.43. The molecule has 0 aliphatic heterocycles. The molecule has 2 heteroatoms. The zero-order valence-electron chi connectivity index (χ0n) is 8.05. The molecule has 74 valence electrons. The van der Waals surface area contributed by atoms with Gasteiger partial charge in [0.05, 0.1) is 4.47 Å². The maximum Gasteiger partial charge on any atom is 0.134 e. The maximum atomic E-state index is 5.55. The highest BCUT2D eigenvalue weighted by molar-refractivity contribution is 9.10. The Labute approximate surface area is 92.9 Å². The molecular weight excluding hydrogens is 240 g/mol. The van der Waals surface area contributed by atoms with Crippen molar-refractivity contribution in [3.63, 3.8) is 0 Å². The topological polar surface area (TPSA) is 9.23 Å². The number of hydrogen-bond acceptors (Lipinski definition) is 1. The standard InChI is InChI=1S/C12H13BrO/c1-2-6-14-12-8-10-5-3-4-9(10)7-11(12)13/h2,7-8H,1,3-6H2. The van der Waals surface area contributed by atoms with Crippen molar-refractivity contribution >= 4 is 15.9 Å². The van der Waals surface area contributed by atoms with Gasteiger partial charge in [-0.15, -0.1) is 0 Å². The fourth-order valence-corrected chi connectivity index (χ4v) is 2.34. The highest BCUT2D eigenvalue weighted by atomic mass is 79.9. The van der Waals surface area contributed by atoms with E-state index in [2.05, 4.69) is 34.6 Å². The molecule has 0 amide bonds. The maximum absolute atomic E-state index is 5.55. The van der Waals surface area contributed by atoms with Crippen molar-refractivity contribution in [3.8, 4) is 5.75 Å². The van der Waals surface area contributed by atoms with Crippen LogP contribution in [0.1, 0.15) is 17.5 Å². The molecule has 1 aliphatic rings. The van der Waals surface area contributed by atoms with E-state index in [0.29, 0.717) is 6.61 Å². The first-order valence-electron chi connectivity index (χ1n) is 4.86. The number of fused-ring (bicyclic) bond motifs is 1. The molecule has 0 atom stereocenters. The van der Waals surface area contributed by atoms with Crippen LogP contribution < -0.4 is 4.74 Å². The minimum atomic E-state index is 0.567. The second kappa shape index (κ2) is 4.18. The Balaban J connectivity index is 2.27. The van der Waals surface area contributed by atoms with Crippen molar-refractivity contribution in [2.45, 2.75) is 19.3 Å². The summed E-state index contributed by atoms with van der Waals surface area (Å²) in [7, 11) is 0. The zero-order chi connectivity index (χ0) is 9.97. The first-order valence-corrected chi connectivity index (χ1v) is 5.65. The number of ether oxygens (including phenoxy) is 1. The predicted molar refractivity (Wildman–Crippen MR) is 61.9 cm³/mol. The lowest BCUT2D eigenvalue weighted by atomic mass is 10.1. The molecule has 1 aliphatic carbocycles. The minimum absolute atomic E-state index is 0.567. The van der Waals surface area contributed by atoms with Crippen LogP contribution in [0.2, 0.25) is 0 Å². The van der Waals surface area contributed by atoms with Gasteiger partial charge in [-0.25, -0.2) is 0 Å². The molecule has 1 aromatic rings. The lowest BCUT2D eigenvalue weighted by molar-refractivity contribution is 0.360. The van der Waals surface area contributed by atoms with Crippen LogP contribution in [0, 0.1) is 0 Å². The molecular formula is C12H13BrO. The number of aryl methyl sites for hydroxylation is 2. The fraction of sp³-hybridized carbons (Fsp3) is 0.333. The average molecular weight is 253 g/mol. The third-order valence-electron chi connectivity index (χ3n) is 2.50. The Morgan fingerprint density at radius 3 is 2.79 bits per heavy atom. The van der Waals surface area contributed by atoms with Crippen molar-refractivity contribution in [1.29, 1.82) is 0 Å². The van der Waals surface area contributed by atoms with Crippen LogP contribution in [-0.4, -0.2) is 6.61 Å². The highest BCUT2D eigenvalue weighted by Gasteiger charge is 2.13. The molecule has 0 N–H and O–H groups in total. The van der Waals surface area contributed by atoms with E-state index in [4.69, 9.17) is 4.74 Å². The lowest BCUT2D eigenvalue weighted by Crippen LogP contribution is -1.95. The van der Waals surface area contributed by atoms with Crippen LogP contribution in [-0.2, 0) is 12.8 Å². The van der Waals surface area contributed by atoms with Crippen LogP contribution in [0.15, 0.2) is 29.3 Å². The molecule has 1 aromatic carbocycles. The normalized spacial score (nSPS) is 13.8. The second-order valence-corrected chi connectivity index (χ2v) is 4.36. The molecule has 14 heavy (non-hydrogen) atoms. The SMILES string of the molecule is C=CCOc1cc2c(cc1Br)CCC2. The summed E-state index contributed by atoms with van der Waals surface area (Å²) in [5.74, 6) is 0.936. The van der Waals surface area contributed by atoms with Gasteiger partial charge in [-0.05, 0) is 58.5 Å². The van der Waals surface area contributed by atoms with E-state index in [0.717, 1.165) is 10.2 Å². The monoisotopic (exact) mass is 252 g/mol. The average Bonchev–Trinajstić information content (AvgIpc) is 2.61. The molecule has 0 heterocycles. The summed E-state index contributed by atoms with van der Waals surface area (Å²) in [5, 5.41) is 0. The van der Waals surface area contributed by atoms with Crippen LogP contribution in [0.4, 0.5) is 0 Å². The number of benzene rings is 1. The largest absolute Gasteiger partial charge is 0.488 e. The van der Waals surface area contributed by atoms with Gasteiger partial charge in [0.2, 0.25) is 0 Å². The summed E-state index contributed by atoms with van der Waals surface area (Å²) in [6, 6.07) is 4.33. The summed E-state index contributed by atoms with van der Waals surface area (Å²) in [4.78, 5) is 0. The van der Waals surface area contributed by atoms with Gasteiger partial charge in [0, 0.05) is 0 Å². The minimum Gasteiger partial charge on any atom is -0.488 e. The van der Waals surface area contributed by atoms with E-state index in [9.17, 15) is 0 Å². The molecule has 0 bridgehead atoms. The van der Waals surface area contributed by atoms with Gasteiger partial charge in [0.1, 0.15) is 12.4 Å². The Morgan fingerprint density at radius 2 is 2.07 bits per heavy atom. The van der Waals surface area contributed by atoms with E-state index in [1.807, 2.05) is 0 Å². The Hall–Kier alpha value is -0.760. The Morgan fingerprint density at radius 1 is 1.36 bits per heavy atom. The first kappa shape index (κ1) is 9.78. The summed E-state index contributed by atoms with van der Waals surface area (Å²) in [5.41, 5.74) is 2.90. The van der Waals surface area contributed by atoms with E-state index >= 15 is 0 Å². The molecule has 0 fully saturated rings. The molecule has 0 spiro atoms. The van der Waals surface area contributed by atoms with Crippen LogP contribution >= 0.6 is 15.9 Å². The molecule has 0 saturated heterocycles. The van der Waals surface area contributed by atoms with E-state index in [-0.39, 0.29) is 0 Å². The fourth-order valence-electron chi connectivity index (χ4n) is 1.83. The Kier molecular flexibility index (Phi) is 2.92.